The molecular formula is C42H71N7O8. The van der Waals surface area contributed by atoms with Crippen molar-refractivity contribution < 1.29 is 38.3 Å². The summed E-state index contributed by atoms with van der Waals surface area (Å²) >= 11 is 0. The zero-order chi connectivity index (χ0) is 42.9. The Labute approximate surface area is 340 Å². The van der Waals surface area contributed by atoms with E-state index >= 15 is 0 Å². The Morgan fingerprint density at radius 1 is 0.596 bits per heavy atom. The van der Waals surface area contributed by atoms with Gasteiger partial charge in [0.15, 0.2) is 0 Å². The number of hydrogen-bond acceptors (Lipinski definition) is 8. The molecule has 15 heteroatoms. The van der Waals surface area contributed by atoms with Gasteiger partial charge < -0.3 is 41.1 Å². The average molecular weight is 802 g/mol. The number of hydrogen-bond donors (Lipinski definition) is 5. The molecule has 11 unspecified atom stereocenters. The molecule has 0 spiro atoms. The van der Waals surface area contributed by atoms with Gasteiger partial charge in [0.2, 0.25) is 41.4 Å². The largest absolute Gasteiger partial charge is 0.366 e. The first-order chi connectivity index (χ1) is 26.7. The maximum absolute atomic E-state index is 14.5. The number of nitrogens with zero attached hydrogens (tertiary/aromatic N) is 2. The van der Waals surface area contributed by atoms with Gasteiger partial charge in [0, 0.05) is 13.1 Å². The average Bonchev–Trinajstić information content (AvgIpc) is 3.88. The molecule has 0 saturated carbocycles. The molecule has 3 fully saturated rings. The third-order valence-electron chi connectivity index (χ3n) is 12.3. The number of carbonyl (C=O) groups is 7. The summed E-state index contributed by atoms with van der Waals surface area (Å²) in [6.45, 7) is 24.3. The summed E-state index contributed by atoms with van der Waals surface area (Å²) in [6, 6.07) is -7.28. The molecule has 3 saturated heterocycles. The molecule has 57 heavy (non-hydrogen) atoms. The lowest BCUT2D eigenvalue weighted by Crippen LogP contribution is -2.63. The molecule has 0 aromatic rings. The van der Waals surface area contributed by atoms with Gasteiger partial charge in [-0.3, -0.25) is 33.6 Å². The van der Waals surface area contributed by atoms with Crippen molar-refractivity contribution in [2.75, 3.05) is 13.1 Å². The van der Waals surface area contributed by atoms with Crippen LogP contribution < -0.4 is 26.6 Å². The second kappa shape index (κ2) is 20.6. The van der Waals surface area contributed by atoms with Gasteiger partial charge in [-0.05, 0) is 70.1 Å². The maximum Gasteiger partial charge on any atom is 0.246 e. The smallest absolute Gasteiger partial charge is 0.246 e. The van der Waals surface area contributed by atoms with E-state index in [0.29, 0.717) is 44.9 Å². The van der Waals surface area contributed by atoms with Crippen LogP contribution >= 0.6 is 0 Å². The van der Waals surface area contributed by atoms with Crippen LogP contribution in [0, 0.1) is 23.7 Å². The summed E-state index contributed by atoms with van der Waals surface area (Å²) in [7, 11) is 0. The fraction of sp³-hybridized carbons (Fsp3) is 0.786. The van der Waals surface area contributed by atoms with Gasteiger partial charge in [0.25, 0.3) is 0 Å². The number of carbonyl (C=O) groups excluding carboxylic acids is 7. The first-order valence-corrected chi connectivity index (χ1v) is 21.2. The summed E-state index contributed by atoms with van der Waals surface area (Å²) in [5, 5.41) is 14.5. The highest BCUT2D eigenvalue weighted by Crippen LogP contribution is 2.25. The van der Waals surface area contributed by atoms with Crippen LogP contribution in [0.3, 0.4) is 0 Å². The standard InChI is InChI=1S/C42H71N7O8/c1-13-24(7)31-38(53)45-32(25(8)14-2)40(55)48-21-17-19-28(48)35(50)43-30(23(5)6)37(52)47-34(27(10)57-42(11,12)16-4)39(54)46-33(26(9)15-3)41(56)49-22-18-20-29(49)36(51)44-31/h16,23-34H,4,13-15,17-22H2,1-3,5-12H3,(H,43,50)(H,44,51)(H,45,53)(H,46,54)(H,47,52). The predicted octanol–water partition coefficient (Wildman–Crippen LogP) is 2.57. The van der Waals surface area contributed by atoms with Crippen LogP contribution in [0.5, 0.6) is 0 Å². The van der Waals surface area contributed by atoms with E-state index in [1.165, 1.54) is 9.80 Å². The van der Waals surface area contributed by atoms with E-state index in [1.807, 2.05) is 41.5 Å². The topological polar surface area (TPSA) is 195 Å². The molecule has 0 aliphatic carbocycles. The normalized spacial score (nSPS) is 29.8. The Balaban J connectivity index is 2.19. The molecule has 3 heterocycles. The van der Waals surface area contributed by atoms with Crippen molar-refractivity contribution >= 4 is 41.4 Å². The zero-order valence-corrected chi connectivity index (χ0v) is 36.2. The van der Waals surface area contributed by atoms with Gasteiger partial charge in [-0.2, -0.15) is 0 Å². The zero-order valence-electron chi connectivity index (χ0n) is 36.2. The Hall–Kier alpha value is -4.01. The van der Waals surface area contributed by atoms with Crippen LogP contribution in [-0.2, 0) is 38.3 Å². The van der Waals surface area contributed by atoms with E-state index in [2.05, 4.69) is 33.2 Å². The van der Waals surface area contributed by atoms with Crippen molar-refractivity contribution in [2.45, 2.75) is 175 Å². The van der Waals surface area contributed by atoms with Crippen LogP contribution in [-0.4, -0.2) is 118 Å². The van der Waals surface area contributed by atoms with Crippen molar-refractivity contribution in [3.63, 3.8) is 0 Å². The third-order valence-corrected chi connectivity index (χ3v) is 12.3. The van der Waals surface area contributed by atoms with Crippen LogP contribution in [0.15, 0.2) is 12.7 Å². The van der Waals surface area contributed by atoms with Gasteiger partial charge >= 0.3 is 0 Å². The molecule has 3 aliphatic rings. The van der Waals surface area contributed by atoms with E-state index in [0.717, 1.165) is 0 Å². The molecule has 5 N–H and O–H groups in total. The Morgan fingerprint density at radius 2 is 0.947 bits per heavy atom. The van der Waals surface area contributed by atoms with E-state index in [-0.39, 0.29) is 30.8 Å². The first-order valence-electron chi connectivity index (χ1n) is 21.2. The van der Waals surface area contributed by atoms with Crippen LogP contribution in [0.25, 0.3) is 0 Å². The van der Waals surface area contributed by atoms with E-state index in [9.17, 15) is 33.6 Å². The lowest BCUT2D eigenvalue weighted by molar-refractivity contribution is -0.145. The lowest BCUT2D eigenvalue weighted by Gasteiger charge is -2.35. The number of rotatable bonds is 11. The van der Waals surface area contributed by atoms with Crippen molar-refractivity contribution in [2.24, 2.45) is 23.7 Å². The summed E-state index contributed by atoms with van der Waals surface area (Å²) < 4.78 is 6.22. The van der Waals surface area contributed by atoms with Gasteiger partial charge in [-0.1, -0.05) is 80.7 Å². The van der Waals surface area contributed by atoms with Crippen molar-refractivity contribution in [3.05, 3.63) is 12.7 Å². The number of amides is 7. The van der Waals surface area contributed by atoms with E-state index in [1.54, 1.807) is 40.7 Å². The summed E-state index contributed by atoms with van der Waals surface area (Å²) in [6.07, 6.45) is 4.05. The molecule has 0 radical (unpaired) electrons. The van der Waals surface area contributed by atoms with E-state index < -0.39 is 101 Å². The molecule has 0 bridgehead atoms. The Bertz CT molecular complexity index is 1490. The maximum atomic E-state index is 14.5. The van der Waals surface area contributed by atoms with Crippen molar-refractivity contribution in [3.8, 4) is 0 Å². The highest BCUT2D eigenvalue weighted by atomic mass is 16.5. The molecule has 0 aromatic carbocycles. The van der Waals surface area contributed by atoms with Gasteiger partial charge in [-0.25, -0.2) is 0 Å². The fourth-order valence-corrected chi connectivity index (χ4v) is 7.79. The molecule has 7 amide bonds. The number of fused-ring (bicyclic) bond motifs is 2. The van der Waals surface area contributed by atoms with Crippen LogP contribution in [0.1, 0.15) is 121 Å². The minimum absolute atomic E-state index is 0.268. The fourth-order valence-electron chi connectivity index (χ4n) is 7.79. The highest BCUT2D eigenvalue weighted by molar-refractivity contribution is 5.99. The summed E-state index contributed by atoms with van der Waals surface area (Å²) in [5.74, 6) is -5.17. The summed E-state index contributed by atoms with van der Waals surface area (Å²) in [4.78, 5) is 103. The third kappa shape index (κ3) is 11.6. The van der Waals surface area contributed by atoms with Crippen LogP contribution in [0.2, 0.25) is 0 Å². The Kier molecular flexibility index (Phi) is 17.1. The minimum atomic E-state index is -1.31. The van der Waals surface area contributed by atoms with E-state index in [4.69, 9.17) is 4.74 Å². The molecule has 322 valence electrons. The first kappa shape index (κ1) is 47.4. The quantitative estimate of drug-likeness (QED) is 0.197. The van der Waals surface area contributed by atoms with Crippen molar-refractivity contribution in [1.29, 1.82) is 0 Å². The molecule has 11 atom stereocenters. The van der Waals surface area contributed by atoms with Gasteiger partial charge in [0.05, 0.1) is 11.7 Å². The molecule has 3 aliphatic heterocycles. The lowest BCUT2D eigenvalue weighted by atomic mass is 9.94. The van der Waals surface area contributed by atoms with Crippen molar-refractivity contribution in [1.82, 2.24) is 36.4 Å². The second-order valence-corrected chi connectivity index (χ2v) is 17.3. The second-order valence-electron chi connectivity index (χ2n) is 17.3. The molecule has 3 rings (SSSR count). The van der Waals surface area contributed by atoms with Gasteiger partial charge in [0.1, 0.15) is 42.3 Å². The molecule has 15 nitrogen and oxygen atoms in total. The number of ether oxygens (including phenoxy) is 1. The molecular weight excluding hydrogens is 731 g/mol. The van der Waals surface area contributed by atoms with Gasteiger partial charge in [-0.15, -0.1) is 6.58 Å². The monoisotopic (exact) mass is 802 g/mol. The Morgan fingerprint density at radius 3 is 1.35 bits per heavy atom. The SMILES string of the molecule is C=CC(C)(C)OC(C)C1NC(=O)C(C(C)C)NC(=O)C2CCCN2C(=O)C(C(C)CC)NC(=O)C(C(C)CC)NC(=O)C2CCCN2C(=O)C(C(C)CC)NC1=O. The predicted molar refractivity (Wildman–Crippen MR) is 217 cm³/mol. The number of nitrogens with one attached hydrogen (secondary N) is 5. The van der Waals surface area contributed by atoms with Crippen LogP contribution in [0.4, 0.5) is 0 Å². The minimum Gasteiger partial charge on any atom is -0.366 e. The summed E-state index contributed by atoms with van der Waals surface area (Å²) in [5.41, 5.74) is -0.894. The highest BCUT2D eigenvalue weighted by Gasteiger charge is 2.45. The molecule has 0 aromatic heterocycles.